The molecule has 2 bridgehead atoms. The number of benzene rings is 3. The van der Waals surface area contributed by atoms with Gasteiger partial charge in [-0.3, -0.25) is 27.5 Å². The molecule has 0 aromatic heterocycles. The third-order valence-electron chi connectivity index (χ3n) is 16.0. The van der Waals surface area contributed by atoms with Crippen LogP contribution in [0.4, 0.5) is 0 Å². The lowest BCUT2D eigenvalue weighted by Gasteiger charge is -2.67. The van der Waals surface area contributed by atoms with E-state index in [1.807, 2.05) is 33.9 Å². The summed E-state index contributed by atoms with van der Waals surface area (Å²) >= 11 is -2.47. The van der Waals surface area contributed by atoms with E-state index in [2.05, 4.69) is 5.32 Å². The SMILES string of the molecule is CC(=O)O[C@H]1C(=O)[C@]2(C)[C@@H]3OS(=O)O[C@@H]3[C@H]3OC[C@@]3(OC(C)=O)[C@H]2[C@H](OC(=O)c2ccccc2)[C@@]2(O)C[C@H](OC(=O)[C@H](O[Si](C)(C)C(C)(C)C)[C@@H](NC(=O)c3ccccc3)c3ccccc3)C(C)=C1C2(C)C. The van der Waals surface area contributed by atoms with Crippen LogP contribution in [0.1, 0.15) is 101 Å². The normalized spacial score (nSPS) is 32.4. The largest absolute Gasteiger partial charge is 0.456 e. The van der Waals surface area contributed by atoms with Crippen LogP contribution in [0, 0.1) is 16.7 Å². The van der Waals surface area contributed by atoms with E-state index in [1.165, 1.54) is 19.1 Å². The van der Waals surface area contributed by atoms with E-state index >= 15 is 9.59 Å². The lowest BCUT2D eigenvalue weighted by molar-refractivity contribution is -0.357. The quantitative estimate of drug-likeness (QED) is 0.0869. The molecule has 13 atom stereocenters. The van der Waals surface area contributed by atoms with Gasteiger partial charge in [0.15, 0.2) is 31.9 Å². The Morgan fingerprint density at radius 1 is 0.819 bits per heavy atom. The minimum Gasteiger partial charge on any atom is -0.456 e. The molecule has 2 N–H and O–H groups in total. The van der Waals surface area contributed by atoms with Crippen molar-refractivity contribution in [1.82, 2.24) is 5.32 Å². The predicted octanol–water partition coefficient (Wildman–Crippen LogP) is 6.38. The van der Waals surface area contributed by atoms with E-state index in [1.54, 1.807) is 99.6 Å². The van der Waals surface area contributed by atoms with Gasteiger partial charge in [0.1, 0.15) is 36.1 Å². The number of nitrogens with one attached hydrogen (secondary N) is 1. The summed E-state index contributed by atoms with van der Waals surface area (Å²) < 4.78 is 63.6. The summed E-state index contributed by atoms with van der Waals surface area (Å²) in [5, 5.41) is 16.7. The summed E-state index contributed by atoms with van der Waals surface area (Å²) in [5.74, 6) is -6.60. The second-order valence-electron chi connectivity index (χ2n) is 21.7. The number of hydrogen-bond donors (Lipinski definition) is 2. The number of ketones is 1. The van der Waals surface area contributed by atoms with Crippen molar-refractivity contribution >= 4 is 55.2 Å². The molecule has 3 aromatic rings. The van der Waals surface area contributed by atoms with Crippen molar-refractivity contribution in [3.63, 3.8) is 0 Å². The van der Waals surface area contributed by atoms with Crippen LogP contribution in [0.3, 0.4) is 0 Å². The lowest BCUT2D eigenvalue weighted by atomic mass is 9.44. The van der Waals surface area contributed by atoms with Gasteiger partial charge < -0.3 is 38.5 Å². The topological polar surface area (TPSA) is 226 Å². The monoisotopic (exact) mass is 1030 g/mol. The van der Waals surface area contributed by atoms with Gasteiger partial charge in [0, 0.05) is 31.2 Å². The Balaban J connectivity index is 1.34. The Labute approximate surface area is 422 Å². The Hall–Kier alpha value is -5.41. The van der Waals surface area contributed by atoms with E-state index in [0.717, 1.165) is 13.8 Å². The van der Waals surface area contributed by atoms with Crippen LogP contribution in [0.15, 0.2) is 102 Å². The van der Waals surface area contributed by atoms with E-state index in [4.69, 9.17) is 36.5 Å². The number of aliphatic hydroxyl groups is 1. The maximum atomic E-state index is 16.1. The van der Waals surface area contributed by atoms with Crippen LogP contribution in [-0.4, -0.2) is 114 Å². The molecule has 5 aliphatic rings. The minimum atomic E-state index is -2.96. The van der Waals surface area contributed by atoms with Crippen molar-refractivity contribution in [1.29, 1.82) is 0 Å². The summed E-state index contributed by atoms with van der Waals surface area (Å²) in [4.78, 5) is 87.2. The number of ether oxygens (including phenoxy) is 5. The van der Waals surface area contributed by atoms with Crippen LogP contribution in [0.5, 0.6) is 0 Å². The van der Waals surface area contributed by atoms with Crippen LogP contribution in [0.25, 0.3) is 0 Å². The molecule has 19 heteroatoms. The smallest absolute Gasteiger partial charge is 0.338 e. The Morgan fingerprint density at radius 3 is 1.94 bits per heavy atom. The van der Waals surface area contributed by atoms with Gasteiger partial charge in [-0.2, -0.15) is 4.21 Å². The van der Waals surface area contributed by atoms with Crippen molar-refractivity contribution in [2.75, 3.05) is 6.61 Å². The highest BCUT2D eigenvalue weighted by molar-refractivity contribution is 7.75. The molecule has 2 saturated carbocycles. The van der Waals surface area contributed by atoms with Crippen molar-refractivity contribution in [2.45, 2.75) is 147 Å². The van der Waals surface area contributed by atoms with E-state index in [0.29, 0.717) is 11.1 Å². The highest BCUT2D eigenvalue weighted by Crippen LogP contribution is 2.66. The van der Waals surface area contributed by atoms with Crippen LogP contribution < -0.4 is 5.32 Å². The molecule has 0 spiro atoms. The number of amides is 1. The number of Topliss-reactive ketones (excluding diaryl/α,β-unsaturated/α-hetero) is 1. The van der Waals surface area contributed by atoms with Gasteiger partial charge in [-0.05, 0) is 73.0 Å². The van der Waals surface area contributed by atoms with Crippen molar-refractivity contribution in [3.8, 4) is 0 Å². The number of carbonyl (C=O) groups is 6. The standard InChI is InChI=1S/C53H63NO16SSi/c1-29-35(65-48(60)39(70-72(10,11)49(4,5)6)37(32-21-15-12-16-22-32)54-46(58)33-23-17-13-18-24-33)27-53(61)45(66-47(59)34-25-19-14-20-26-34)41-51(9,42(57)38(64-30(2)55)36(29)50(53,7)8)43-40(68-71(62)69-43)44-52(41,28-63-44)67-31(3)56/h12-26,35,37-41,43-45,61H,27-28H2,1-11H3,(H,54,58)/t35-,37-,38+,39+,40-,41-,43+,44+,45-,51+,52+,53-,71?/m0/s1. The summed E-state index contributed by atoms with van der Waals surface area (Å²) in [5.41, 5.74) is -7.08. The summed E-state index contributed by atoms with van der Waals surface area (Å²) in [6.07, 6.45) is -11.3. The fourth-order valence-corrected chi connectivity index (χ4v) is 13.4. The molecule has 0 radical (unpaired) electrons. The van der Waals surface area contributed by atoms with Gasteiger partial charge in [-0.15, -0.1) is 0 Å². The van der Waals surface area contributed by atoms with Crippen LogP contribution in [-0.2, 0) is 67.0 Å². The van der Waals surface area contributed by atoms with Crippen LogP contribution >= 0.6 is 0 Å². The first-order chi connectivity index (χ1) is 33.7. The fraction of sp³-hybridized carbons (Fsp3) is 0.509. The van der Waals surface area contributed by atoms with Gasteiger partial charge in [-0.25, -0.2) is 9.59 Å². The average Bonchev–Trinajstić information content (AvgIpc) is 3.70. The first-order valence-corrected chi connectivity index (χ1v) is 27.9. The lowest BCUT2D eigenvalue weighted by Crippen LogP contribution is -2.84. The minimum absolute atomic E-state index is 0.0126. The van der Waals surface area contributed by atoms with Crippen molar-refractivity contribution < 1.29 is 74.6 Å². The van der Waals surface area contributed by atoms with Crippen LogP contribution in [0.2, 0.25) is 18.1 Å². The number of hydrogen-bond acceptors (Lipinski definition) is 16. The molecule has 72 heavy (non-hydrogen) atoms. The Morgan fingerprint density at radius 2 is 1.40 bits per heavy atom. The van der Waals surface area contributed by atoms with Gasteiger partial charge in [0.25, 0.3) is 5.91 Å². The van der Waals surface area contributed by atoms with E-state index in [-0.39, 0.29) is 16.7 Å². The molecule has 3 aromatic carbocycles. The molecule has 3 aliphatic carbocycles. The van der Waals surface area contributed by atoms with E-state index < -0.39 is 150 Å². The first kappa shape index (κ1) is 52.9. The molecule has 1 amide bonds. The number of rotatable bonds is 12. The molecule has 386 valence electrons. The van der Waals surface area contributed by atoms with Gasteiger partial charge in [0.2, 0.25) is 0 Å². The maximum absolute atomic E-state index is 16.1. The highest BCUT2D eigenvalue weighted by atomic mass is 32.2. The van der Waals surface area contributed by atoms with E-state index in [9.17, 15) is 28.5 Å². The average molecular weight is 1030 g/mol. The molecular weight excluding hydrogens is 967 g/mol. The zero-order chi connectivity index (χ0) is 52.5. The molecule has 2 aliphatic heterocycles. The molecule has 2 heterocycles. The third-order valence-corrected chi connectivity index (χ3v) is 21.2. The zero-order valence-corrected chi connectivity index (χ0v) is 44.1. The predicted molar refractivity (Wildman–Crippen MR) is 261 cm³/mol. The molecule has 1 unspecified atom stereocenters. The Kier molecular flexibility index (Phi) is 14.1. The second kappa shape index (κ2) is 19.1. The third kappa shape index (κ3) is 8.87. The summed E-state index contributed by atoms with van der Waals surface area (Å²) in [7, 11) is -2.96. The second-order valence-corrected chi connectivity index (χ2v) is 27.2. The number of esters is 4. The summed E-state index contributed by atoms with van der Waals surface area (Å²) in [6, 6.07) is 24.0. The zero-order valence-electron chi connectivity index (χ0n) is 42.2. The molecular formula is C53H63NO16SSi. The van der Waals surface area contributed by atoms with Crippen molar-refractivity contribution in [2.24, 2.45) is 16.7 Å². The molecule has 2 saturated heterocycles. The number of fused-ring (bicyclic) bond motifs is 8. The maximum Gasteiger partial charge on any atom is 0.338 e. The van der Waals surface area contributed by atoms with Crippen molar-refractivity contribution in [3.05, 3.63) is 119 Å². The molecule has 8 rings (SSSR count). The fourth-order valence-electron chi connectivity index (χ4n) is 11.3. The summed E-state index contributed by atoms with van der Waals surface area (Å²) in [6.45, 7) is 17.9. The van der Waals surface area contributed by atoms with Gasteiger partial charge >= 0.3 is 35.2 Å². The highest BCUT2D eigenvalue weighted by Gasteiger charge is 2.82. The molecule has 17 nitrogen and oxygen atoms in total. The number of carbonyl (C=O) groups excluding carboxylic acids is 6. The first-order valence-electron chi connectivity index (χ1n) is 24.0. The van der Waals surface area contributed by atoms with Gasteiger partial charge in [0.05, 0.1) is 29.5 Å². The van der Waals surface area contributed by atoms with Gasteiger partial charge in [-0.1, -0.05) is 101 Å². The molecule has 4 fully saturated rings. The Bertz CT molecular complexity index is 2690.